The van der Waals surface area contributed by atoms with Crippen LogP contribution in [-0.2, 0) is 11.2 Å². The van der Waals surface area contributed by atoms with Crippen molar-refractivity contribution in [2.45, 2.75) is 32.6 Å². The summed E-state index contributed by atoms with van der Waals surface area (Å²) in [6.07, 6.45) is 3.16. The molecule has 1 amide bonds. The van der Waals surface area contributed by atoms with Gasteiger partial charge < -0.3 is 19.9 Å². The lowest BCUT2D eigenvalue weighted by atomic mass is 10.1. The number of piperazine rings is 1. The summed E-state index contributed by atoms with van der Waals surface area (Å²) in [5.41, 5.74) is 0.944. The minimum Gasteiger partial charge on any atom is -0.494 e. The molecule has 158 valence electrons. The molecule has 7 heteroatoms. The predicted molar refractivity (Wildman–Crippen MR) is 119 cm³/mol. The lowest BCUT2D eigenvalue weighted by Crippen LogP contribution is -2.44. The van der Waals surface area contributed by atoms with Gasteiger partial charge in [-0.05, 0) is 37.1 Å². The molecule has 29 heavy (non-hydrogen) atoms. The van der Waals surface area contributed by atoms with Crippen molar-refractivity contribution in [3.8, 4) is 5.75 Å². The van der Waals surface area contributed by atoms with Gasteiger partial charge in [0.2, 0.25) is 5.91 Å². The summed E-state index contributed by atoms with van der Waals surface area (Å²) in [5.74, 6) is 1.19. The Bertz CT molecular complexity index is 785. The number of rotatable bonds is 9. The van der Waals surface area contributed by atoms with Crippen LogP contribution in [0, 0.1) is 0 Å². The summed E-state index contributed by atoms with van der Waals surface area (Å²) < 4.78 is 5.91. The Morgan fingerprint density at radius 3 is 2.79 bits per heavy atom. The maximum Gasteiger partial charge on any atom is 0.230 e. The first kappa shape index (κ1) is 21.7. The molecule has 1 N–H and O–H groups in total. The second-order valence-electron chi connectivity index (χ2n) is 7.94. The van der Waals surface area contributed by atoms with Gasteiger partial charge in [0.1, 0.15) is 5.75 Å². The zero-order chi connectivity index (χ0) is 20.6. The fraction of sp³-hybridized carbons (Fsp3) is 0.545. The van der Waals surface area contributed by atoms with Gasteiger partial charge in [-0.3, -0.25) is 4.79 Å². The first-order valence-electron chi connectivity index (χ1n) is 10.4. The van der Waals surface area contributed by atoms with Crippen molar-refractivity contribution in [2.75, 3.05) is 51.7 Å². The fourth-order valence-electron chi connectivity index (χ4n) is 3.26. The van der Waals surface area contributed by atoms with Crippen molar-refractivity contribution in [3.63, 3.8) is 0 Å². The molecule has 1 fully saturated rings. The Hall–Kier alpha value is -1.96. The quantitative estimate of drug-likeness (QED) is 0.635. The molecule has 6 nitrogen and oxygen atoms in total. The number of amides is 1. The molecule has 0 unspecified atom stereocenters. The van der Waals surface area contributed by atoms with Gasteiger partial charge >= 0.3 is 0 Å². The first-order chi connectivity index (χ1) is 14.0. The van der Waals surface area contributed by atoms with Gasteiger partial charge in [0.05, 0.1) is 13.0 Å². The number of likely N-dealkylation sites (N-methyl/N-ethyl adjacent to an activating group) is 1. The number of thiazole rings is 1. The van der Waals surface area contributed by atoms with Crippen LogP contribution in [-0.4, -0.2) is 67.1 Å². The van der Waals surface area contributed by atoms with Crippen LogP contribution < -0.4 is 10.1 Å². The normalized spacial score (nSPS) is 15.6. The standard InChI is InChI=1S/C22H32N4O2S/c1-17(2)20-16-23-22(29-20)24-21(27)15-18-6-4-7-19(14-18)28-13-5-8-26-11-9-25(3)10-12-26/h4,6-7,14,16-17H,5,8-13,15H2,1-3H3,(H,23,24,27). The van der Waals surface area contributed by atoms with Crippen LogP contribution in [0.25, 0.3) is 0 Å². The molecule has 0 aliphatic carbocycles. The first-order valence-corrected chi connectivity index (χ1v) is 11.2. The van der Waals surface area contributed by atoms with Gasteiger partial charge in [0.15, 0.2) is 5.13 Å². The number of hydrogen-bond acceptors (Lipinski definition) is 6. The third kappa shape index (κ3) is 7.10. The molecule has 1 saturated heterocycles. The highest BCUT2D eigenvalue weighted by molar-refractivity contribution is 7.15. The van der Waals surface area contributed by atoms with E-state index in [0.29, 0.717) is 24.1 Å². The second kappa shape index (κ2) is 10.7. The lowest BCUT2D eigenvalue weighted by Gasteiger charge is -2.32. The average molecular weight is 417 g/mol. The Balaban J connectivity index is 1.41. The maximum absolute atomic E-state index is 12.3. The Morgan fingerprint density at radius 2 is 2.07 bits per heavy atom. The summed E-state index contributed by atoms with van der Waals surface area (Å²) in [6, 6.07) is 7.81. The highest BCUT2D eigenvalue weighted by atomic mass is 32.1. The molecule has 1 aromatic heterocycles. The summed E-state index contributed by atoms with van der Waals surface area (Å²) in [6.45, 7) is 10.6. The van der Waals surface area contributed by atoms with Crippen LogP contribution in [0.1, 0.15) is 36.6 Å². The number of nitrogens with one attached hydrogen (secondary N) is 1. The molecular weight excluding hydrogens is 384 g/mol. The van der Waals surface area contributed by atoms with E-state index >= 15 is 0 Å². The third-order valence-corrected chi connectivity index (χ3v) is 6.30. The SMILES string of the molecule is CC(C)c1cnc(NC(=O)Cc2cccc(OCCCN3CCN(C)CC3)c2)s1. The molecule has 1 aliphatic heterocycles. The van der Waals surface area contributed by atoms with Crippen LogP contribution in [0.15, 0.2) is 30.5 Å². The van der Waals surface area contributed by atoms with Gasteiger partial charge in [-0.2, -0.15) is 0 Å². The third-order valence-electron chi connectivity index (χ3n) is 5.09. The van der Waals surface area contributed by atoms with Gasteiger partial charge in [-0.1, -0.05) is 26.0 Å². The molecular formula is C22H32N4O2S. The Morgan fingerprint density at radius 1 is 1.28 bits per heavy atom. The number of benzene rings is 1. The molecule has 0 atom stereocenters. The van der Waals surface area contributed by atoms with Gasteiger partial charge in [-0.15, -0.1) is 11.3 Å². The number of carbonyl (C=O) groups is 1. The van der Waals surface area contributed by atoms with Gasteiger partial charge in [0, 0.05) is 43.8 Å². The Labute approximate surface area is 177 Å². The van der Waals surface area contributed by atoms with Crippen molar-refractivity contribution < 1.29 is 9.53 Å². The van der Waals surface area contributed by atoms with Gasteiger partial charge in [0.25, 0.3) is 0 Å². The van der Waals surface area contributed by atoms with E-state index in [1.807, 2.05) is 30.5 Å². The van der Waals surface area contributed by atoms with E-state index in [2.05, 4.69) is 41.0 Å². The molecule has 0 spiro atoms. The highest BCUT2D eigenvalue weighted by Gasteiger charge is 2.13. The molecule has 0 saturated carbocycles. The van der Waals surface area contributed by atoms with E-state index in [-0.39, 0.29) is 5.91 Å². The van der Waals surface area contributed by atoms with Crippen molar-refractivity contribution >= 4 is 22.4 Å². The Kier molecular flexibility index (Phi) is 8.03. The second-order valence-corrected chi connectivity index (χ2v) is 9.00. The minimum atomic E-state index is -0.0538. The fourth-order valence-corrected chi connectivity index (χ4v) is 4.09. The van der Waals surface area contributed by atoms with E-state index in [1.165, 1.54) is 16.2 Å². The van der Waals surface area contributed by atoms with Crippen molar-refractivity contribution in [1.29, 1.82) is 0 Å². The summed E-state index contributed by atoms with van der Waals surface area (Å²) >= 11 is 1.53. The van der Waals surface area contributed by atoms with Crippen molar-refractivity contribution in [2.24, 2.45) is 0 Å². The van der Waals surface area contributed by atoms with Crippen molar-refractivity contribution in [1.82, 2.24) is 14.8 Å². The van der Waals surface area contributed by atoms with E-state index < -0.39 is 0 Å². The number of aromatic nitrogens is 1. The molecule has 1 aliphatic rings. The van der Waals surface area contributed by atoms with E-state index in [9.17, 15) is 4.79 Å². The molecule has 0 bridgehead atoms. The summed E-state index contributed by atoms with van der Waals surface area (Å²) in [4.78, 5) is 22.7. The zero-order valence-electron chi connectivity index (χ0n) is 17.7. The predicted octanol–water partition coefficient (Wildman–Crippen LogP) is 3.46. The van der Waals surface area contributed by atoms with Gasteiger partial charge in [-0.25, -0.2) is 4.98 Å². The van der Waals surface area contributed by atoms with Crippen molar-refractivity contribution in [3.05, 3.63) is 40.9 Å². The number of nitrogens with zero attached hydrogens (tertiary/aromatic N) is 3. The number of hydrogen-bond donors (Lipinski definition) is 1. The number of carbonyl (C=O) groups excluding carboxylic acids is 1. The molecule has 1 aromatic carbocycles. The van der Waals surface area contributed by atoms with Crippen LogP contribution in [0.2, 0.25) is 0 Å². The molecule has 3 rings (SSSR count). The summed E-state index contributed by atoms with van der Waals surface area (Å²) in [5, 5.41) is 3.56. The summed E-state index contributed by atoms with van der Waals surface area (Å²) in [7, 11) is 2.17. The minimum absolute atomic E-state index is 0.0538. The van der Waals surface area contributed by atoms with Crippen LogP contribution in [0.5, 0.6) is 5.75 Å². The molecule has 2 aromatic rings. The lowest BCUT2D eigenvalue weighted by molar-refractivity contribution is -0.115. The monoisotopic (exact) mass is 416 g/mol. The highest BCUT2D eigenvalue weighted by Crippen LogP contribution is 2.25. The topological polar surface area (TPSA) is 57.7 Å². The molecule has 0 radical (unpaired) electrons. The van der Waals surface area contributed by atoms with Crippen LogP contribution in [0.3, 0.4) is 0 Å². The zero-order valence-corrected chi connectivity index (χ0v) is 18.5. The average Bonchev–Trinajstić information content (AvgIpc) is 3.15. The number of anilines is 1. The largest absolute Gasteiger partial charge is 0.494 e. The smallest absolute Gasteiger partial charge is 0.230 e. The number of ether oxygens (including phenoxy) is 1. The van der Waals surface area contributed by atoms with Crippen LogP contribution >= 0.6 is 11.3 Å². The van der Waals surface area contributed by atoms with Crippen LogP contribution in [0.4, 0.5) is 5.13 Å². The van der Waals surface area contributed by atoms with E-state index in [0.717, 1.165) is 50.5 Å². The van der Waals surface area contributed by atoms with E-state index in [1.54, 1.807) is 0 Å². The molecule has 2 heterocycles. The maximum atomic E-state index is 12.3. The van der Waals surface area contributed by atoms with E-state index in [4.69, 9.17) is 4.74 Å².